The van der Waals surface area contributed by atoms with Gasteiger partial charge in [0.05, 0.1) is 31.0 Å². The number of fused-ring (bicyclic) bond motifs is 1. The van der Waals surface area contributed by atoms with Crippen molar-refractivity contribution in [3.8, 4) is 0 Å². The van der Waals surface area contributed by atoms with Crippen molar-refractivity contribution in [3.63, 3.8) is 0 Å². The van der Waals surface area contributed by atoms with Gasteiger partial charge in [-0.25, -0.2) is 4.99 Å². The molecule has 2 unspecified atom stereocenters. The Morgan fingerprint density at radius 1 is 1.23 bits per heavy atom. The molecule has 0 spiro atoms. The van der Waals surface area contributed by atoms with Crippen LogP contribution < -0.4 is 0 Å². The SMILES string of the molecule is CCC(CC)N1CC=C(C)C2N=C(C3=C(Cl)N=C(N4CCOCC4)SC3)C(C)=CC21. The van der Waals surface area contributed by atoms with Gasteiger partial charge in [0.2, 0.25) is 0 Å². The predicted molar refractivity (Wildman–Crippen MR) is 129 cm³/mol. The second kappa shape index (κ2) is 9.60. The second-order valence-corrected chi connectivity index (χ2v) is 9.73. The maximum Gasteiger partial charge on any atom is 0.165 e. The van der Waals surface area contributed by atoms with Gasteiger partial charge in [0.15, 0.2) is 5.17 Å². The zero-order valence-electron chi connectivity index (χ0n) is 18.5. The summed E-state index contributed by atoms with van der Waals surface area (Å²) in [6, 6.07) is 1.10. The van der Waals surface area contributed by atoms with E-state index in [9.17, 15) is 0 Å². The number of aliphatic imine (C=N–C) groups is 2. The first-order valence-corrected chi connectivity index (χ1v) is 12.5. The molecule has 5 nitrogen and oxygen atoms in total. The number of amidine groups is 1. The first-order chi connectivity index (χ1) is 14.5. The molecule has 1 fully saturated rings. The minimum Gasteiger partial charge on any atom is -0.378 e. The van der Waals surface area contributed by atoms with E-state index in [1.165, 1.54) is 24.0 Å². The lowest BCUT2D eigenvalue weighted by molar-refractivity contribution is 0.0693. The molecule has 1 saturated heterocycles. The standard InChI is InChI=1S/C23H33ClN4OS/c1-5-17(6-2)28-8-7-15(3)21-19(28)13-16(4)20(25-21)18-14-30-23(26-22(18)24)27-9-11-29-12-10-27/h7,13,17,19,21H,5-6,8-12,14H2,1-4H3. The van der Waals surface area contributed by atoms with Gasteiger partial charge in [-0.15, -0.1) is 0 Å². The zero-order valence-corrected chi connectivity index (χ0v) is 20.1. The highest BCUT2D eigenvalue weighted by molar-refractivity contribution is 8.14. The van der Waals surface area contributed by atoms with E-state index in [0.717, 1.165) is 55.1 Å². The number of halogens is 1. The highest BCUT2D eigenvalue weighted by Crippen LogP contribution is 2.35. The van der Waals surface area contributed by atoms with E-state index in [-0.39, 0.29) is 6.04 Å². The van der Waals surface area contributed by atoms with Crippen molar-refractivity contribution in [1.29, 1.82) is 0 Å². The van der Waals surface area contributed by atoms with Crippen LogP contribution in [0.5, 0.6) is 0 Å². The quantitative estimate of drug-likeness (QED) is 0.470. The van der Waals surface area contributed by atoms with Gasteiger partial charge in [-0.2, -0.15) is 0 Å². The maximum atomic E-state index is 6.72. The lowest BCUT2D eigenvalue weighted by Gasteiger charge is -2.44. The minimum absolute atomic E-state index is 0.171. The number of allylic oxidation sites excluding steroid dienone is 1. The lowest BCUT2D eigenvalue weighted by atomic mass is 9.87. The number of thioether (sulfide) groups is 1. The molecular weight excluding hydrogens is 416 g/mol. The smallest absolute Gasteiger partial charge is 0.165 e. The normalized spacial score (nSPS) is 28.1. The summed E-state index contributed by atoms with van der Waals surface area (Å²) in [4.78, 5) is 14.9. The highest BCUT2D eigenvalue weighted by Gasteiger charge is 2.37. The van der Waals surface area contributed by atoms with Crippen molar-refractivity contribution in [2.75, 3.05) is 38.6 Å². The Bertz CT molecular complexity index is 821. The molecule has 30 heavy (non-hydrogen) atoms. The predicted octanol–water partition coefficient (Wildman–Crippen LogP) is 4.46. The molecular formula is C23H33ClN4OS. The van der Waals surface area contributed by atoms with E-state index >= 15 is 0 Å². The van der Waals surface area contributed by atoms with E-state index in [1.807, 2.05) is 0 Å². The van der Waals surface area contributed by atoms with Crippen molar-refractivity contribution in [2.45, 2.75) is 58.7 Å². The number of nitrogens with zero attached hydrogens (tertiary/aromatic N) is 4. The Balaban J connectivity index is 1.62. The Hall–Kier alpha value is -1.08. The van der Waals surface area contributed by atoms with Crippen LogP contribution in [0.2, 0.25) is 0 Å². The first-order valence-electron chi connectivity index (χ1n) is 11.2. The summed E-state index contributed by atoms with van der Waals surface area (Å²) in [5.74, 6) is 0.815. The van der Waals surface area contributed by atoms with Crippen molar-refractivity contribution in [3.05, 3.63) is 34.0 Å². The van der Waals surface area contributed by atoms with E-state index in [4.69, 9.17) is 26.3 Å². The van der Waals surface area contributed by atoms with Gasteiger partial charge in [0.1, 0.15) is 5.16 Å². The number of hydrogen-bond donors (Lipinski definition) is 0. The van der Waals surface area contributed by atoms with Crippen molar-refractivity contribution in [2.24, 2.45) is 9.98 Å². The molecule has 4 aliphatic heterocycles. The summed E-state index contributed by atoms with van der Waals surface area (Å²) < 4.78 is 5.46. The van der Waals surface area contributed by atoms with Gasteiger partial charge in [-0.05, 0) is 37.8 Å². The lowest BCUT2D eigenvalue weighted by Crippen LogP contribution is -2.52. The Morgan fingerprint density at radius 2 is 1.97 bits per heavy atom. The van der Waals surface area contributed by atoms with Crippen LogP contribution in [0, 0.1) is 0 Å². The summed E-state index contributed by atoms with van der Waals surface area (Å²) in [7, 11) is 0. The Kier molecular flexibility index (Phi) is 7.08. The van der Waals surface area contributed by atoms with Crippen LogP contribution in [0.4, 0.5) is 0 Å². The van der Waals surface area contributed by atoms with E-state index in [2.05, 4.69) is 49.6 Å². The number of hydrogen-bond acceptors (Lipinski definition) is 6. The van der Waals surface area contributed by atoms with Gasteiger partial charge in [-0.1, -0.05) is 49.4 Å². The van der Waals surface area contributed by atoms with E-state index < -0.39 is 0 Å². The molecule has 7 heteroatoms. The molecule has 4 aliphatic rings. The van der Waals surface area contributed by atoms with Crippen molar-refractivity contribution >= 4 is 34.2 Å². The van der Waals surface area contributed by atoms with Gasteiger partial charge in [-0.3, -0.25) is 9.89 Å². The second-order valence-electron chi connectivity index (χ2n) is 8.43. The van der Waals surface area contributed by atoms with E-state index in [1.54, 1.807) is 11.8 Å². The van der Waals surface area contributed by atoms with Crippen molar-refractivity contribution < 1.29 is 4.74 Å². The summed E-state index contributed by atoms with van der Waals surface area (Å²) in [6.07, 6.45) is 7.12. The topological polar surface area (TPSA) is 40.4 Å². The van der Waals surface area contributed by atoms with Crippen LogP contribution in [0.25, 0.3) is 0 Å². The minimum atomic E-state index is 0.171. The molecule has 4 rings (SSSR count). The zero-order chi connectivity index (χ0) is 21.3. The van der Waals surface area contributed by atoms with Gasteiger partial charge in [0, 0.05) is 37.0 Å². The van der Waals surface area contributed by atoms with Crippen LogP contribution in [-0.2, 0) is 4.74 Å². The van der Waals surface area contributed by atoms with Crippen molar-refractivity contribution in [1.82, 2.24) is 9.80 Å². The molecule has 0 aromatic carbocycles. The van der Waals surface area contributed by atoms with Crippen LogP contribution in [0.3, 0.4) is 0 Å². The third-order valence-electron chi connectivity index (χ3n) is 6.63. The molecule has 0 N–H and O–H groups in total. The largest absolute Gasteiger partial charge is 0.378 e. The molecule has 164 valence electrons. The number of rotatable bonds is 4. The van der Waals surface area contributed by atoms with E-state index in [0.29, 0.717) is 17.2 Å². The highest BCUT2D eigenvalue weighted by atomic mass is 35.5. The summed E-state index contributed by atoms with van der Waals surface area (Å²) in [5, 5.41) is 1.60. The third-order valence-corrected chi connectivity index (χ3v) is 7.98. The molecule has 4 heterocycles. The molecule has 0 radical (unpaired) electrons. The van der Waals surface area contributed by atoms with Crippen LogP contribution in [-0.4, -0.2) is 77.4 Å². The molecule has 0 bridgehead atoms. The summed E-state index contributed by atoms with van der Waals surface area (Å²) >= 11 is 8.48. The maximum absolute atomic E-state index is 6.72. The van der Waals surface area contributed by atoms with Gasteiger partial charge < -0.3 is 9.64 Å². The van der Waals surface area contributed by atoms with Gasteiger partial charge >= 0.3 is 0 Å². The fourth-order valence-electron chi connectivity index (χ4n) is 4.81. The first kappa shape index (κ1) is 22.1. The fourth-order valence-corrected chi connectivity index (χ4v) is 6.25. The Labute approximate surface area is 190 Å². The summed E-state index contributed by atoms with van der Waals surface area (Å²) in [5.41, 5.74) is 4.69. The average Bonchev–Trinajstić information content (AvgIpc) is 2.76. The molecule has 0 saturated carbocycles. The summed E-state index contributed by atoms with van der Waals surface area (Å²) in [6.45, 7) is 13.3. The molecule has 2 atom stereocenters. The number of morpholine rings is 1. The molecule has 0 amide bonds. The fraction of sp³-hybridized carbons (Fsp3) is 0.652. The van der Waals surface area contributed by atoms with Gasteiger partial charge in [0.25, 0.3) is 0 Å². The van der Waals surface area contributed by atoms with Crippen LogP contribution >= 0.6 is 23.4 Å². The molecule has 0 aromatic heterocycles. The van der Waals surface area contributed by atoms with Crippen LogP contribution in [0.15, 0.2) is 44.0 Å². The Morgan fingerprint density at radius 3 is 2.63 bits per heavy atom. The number of ether oxygens (including phenoxy) is 1. The average molecular weight is 449 g/mol. The molecule has 0 aromatic rings. The molecule has 0 aliphatic carbocycles. The number of dihydropyridines is 1. The third kappa shape index (κ3) is 4.29. The van der Waals surface area contributed by atoms with Crippen LogP contribution in [0.1, 0.15) is 40.5 Å². The monoisotopic (exact) mass is 448 g/mol.